The lowest BCUT2D eigenvalue weighted by atomic mass is 10.2. The Morgan fingerprint density at radius 2 is 1.84 bits per heavy atom. The molecule has 4 rings (SSSR count). The van der Waals surface area contributed by atoms with Gasteiger partial charge in [0.15, 0.2) is 5.13 Å². The van der Waals surface area contributed by atoms with Gasteiger partial charge in [0, 0.05) is 29.1 Å². The summed E-state index contributed by atoms with van der Waals surface area (Å²) in [5, 5.41) is 8.90. The van der Waals surface area contributed by atoms with Crippen molar-refractivity contribution >= 4 is 39.2 Å². The van der Waals surface area contributed by atoms with Gasteiger partial charge in [-0.15, -0.1) is 11.3 Å². The standard InChI is InChI=1S/C24H22N4O3S/c29-21(15-19-16-32-24(27-19)28-23(30)18-7-2-1-3-8-18)25-13-6-14-31-20-11-4-9-17-10-5-12-26-22(17)20/h1-5,7-12,16H,6,13-15H2,(H,25,29)(H,27,28,30). The molecule has 0 aliphatic rings. The van der Waals surface area contributed by atoms with Crippen LogP contribution in [0.4, 0.5) is 5.13 Å². The topological polar surface area (TPSA) is 93.2 Å². The zero-order chi connectivity index (χ0) is 22.2. The summed E-state index contributed by atoms with van der Waals surface area (Å²) in [5.74, 6) is 0.391. The number of carbonyl (C=O) groups excluding carboxylic acids is 2. The number of benzene rings is 2. The van der Waals surface area contributed by atoms with E-state index in [1.807, 2.05) is 36.4 Å². The molecule has 0 atom stereocenters. The number of thiazole rings is 1. The molecule has 0 unspecified atom stereocenters. The van der Waals surface area contributed by atoms with Crippen molar-refractivity contribution in [2.45, 2.75) is 12.8 Å². The second-order valence-electron chi connectivity index (χ2n) is 7.02. The Bertz CT molecular complexity index is 1200. The minimum atomic E-state index is -0.225. The fraction of sp³-hybridized carbons (Fsp3) is 0.167. The van der Waals surface area contributed by atoms with Crippen LogP contribution in [0.25, 0.3) is 10.9 Å². The van der Waals surface area contributed by atoms with Gasteiger partial charge < -0.3 is 10.1 Å². The minimum absolute atomic E-state index is 0.122. The lowest BCUT2D eigenvalue weighted by molar-refractivity contribution is -0.120. The summed E-state index contributed by atoms with van der Waals surface area (Å²) in [6.07, 6.45) is 2.57. The van der Waals surface area contributed by atoms with Gasteiger partial charge in [0.05, 0.1) is 18.7 Å². The molecule has 0 saturated heterocycles. The number of amides is 2. The summed E-state index contributed by atoms with van der Waals surface area (Å²) >= 11 is 1.30. The quantitative estimate of drug-likeness (QED) is 0.378. The number of pyridine rings is 1. The van der Waals surface area contributed by atoms with E-state index >= 15 is 0 Å². The van der Waals surface area contributed by atoms with Crippen LogP contribution in [0.15, 0.2) is 72.2 Å². The van der Waals surface area contributed by atoms with Gasteiger partial charge in [0.25, 0.3) is 5.91 Å². The third-order valence-corrected chi connectivity index (χ3v) is 5.45. The van der Waals surface area contributed by atoms with Crippen molar-refractivity contribution in [3.63, 3.8) is 0 Å². The molecular formula is C24H22N4O3S. The van der Waals surface area contributed by atoms with Gasteiger partial charge in [-0.1, -0.05) is 36.4 Å². The first-order chi connectivity index (χ1) is 15.7. The molecule has 0 spiro atoms. The Balaban J connectivity index is 1.18. The monoisotopic (exact) mass is 446 g/mol. The molecule has 4 aromatic rings. The molecule has 2 aromatic heterocycles. The lowest BCUT2D eigenvalue weighted by Gasteiger charge is -2.09. The highest BCUT2D eigenvalue weighted by atomic mass is 32.1. The molecule has 2 heterocycles. The number of fused-ring (bicyclic) bond motifs is 1. The number of hydrogen-bond acceptors (Lipinski definition) is 6. The number of para-hydroxylation sites is 1. The Hall–Kier alpha value is -3.78. The van der Waals surface area contributed by atoms with Gasteiger partial charge >= 0.3 is 0 Å². The summed E-state index contributed by atoms with van der Waals surface area (Å²) in [4.78, 5) is 33.1. The number of aromatic nitrogens is 2. The molecule has 0 radical (unpaired) electrons. The maximum absolute atomic E-state index is 12.2. The molecule has 8 heteroatoms. The van der Waals surface area contributed by atoms with Crippen molar-refractivity contribution in [2.24, 2.45) is 0 Å². The van der Waals surface area contributed by atoms with Gasteiger partial charge in [-0.2, -0.15) is 0 Å². The van der Waals surface area contributed by atoms with Crippen molar-refractivity contribution in [1.82, 2.24) is 15.3 Å². The number of nitrogens with zero attached hydrogens (tertiary/aromatic N) is 2. The average Bonchev–Trinajstić information content (AvgIpc) is 3.26. The summed E-state index contributed by atoms with van der Waals surface area (Å²) in [6, 6.07) is 18.6. The second-order valence-corrected chi connectivity index (χ2v) is 7.88. The Morgan fingerprint density at radius 3 is 2.72 bits per heavy atom. The molecular weight excluding hydrogens is 424 g/mol. The number of hydrogen-bond donors (Lipinski definition) is 2. The highest BCUT2D eigenvalue weighted by Gasteiger charge is 2.11. The van der Waals surface area contributed by atoms with Crippen molar-refractivity contribution in [2.75, 3.05) is 18.5 Å². The molecule has 7 nitrogen and oxygen atoms in total. The third kappa shape index (κ3) is 5.67. The smallest absolute Gasteiger partial charge is 0.257 e. The van der Waals surface area contributed by atoms with Crippen LogP contribution in [0, 0.1) is 0 Å². The van der Waals surface area contributed by atoms with Crippen molar-refractivity contribution in [3.05, 3.63) is 83.5 Å². The van der Waals surface area contributed by atoms with E-state index in [-0.39, 0.29) is 18.2 Å². The summed E-state index contributed by atoms with van der Waals surface area (Å²) < 4.78 is 5.83. The van der Waals surface area contributed by atoms with Crippen LogP contribution in [0.1, 0.15) is 22.5 Å². The molecule has 0 bridgehead atoms. The molecule has 0 aliphatic heterocycles. The average molecular weight is 447 g/mol. The zero-order valence-electron chi connectivity index (χ0n) is 17.3. The minimum Gasteiger partial charge on any atom is -0.491 e. The highest BCUT2D eigenvalue weighted by Crippen LogP contribution is 2.23. The van der Waals surface area contributed by atoms with Gasteiger partial charge in [0.1, 0.15) is 11.3 Å². The SMILES string of the molecule is O=C(Cc1csc(NC(=O)c2ccccc2)n1)NCCCOc1cccc2cccnc12. The van der Waals surface area contributed by atoms with Gasteiger partial charge in [0.2, 0.25) is 5.91 Å². The summed E-state index contributed by atoms with van der Waals surface area (Å²) in [5.41, 5.74) is 2.01. The first-order valence-electron chi connectivity index (χ1n) is 10.2. The molecule has 0 saturated carbocycles. The molecule has 0 aliphatic carbocycles. The Kier molecular flexibility index (Phi) is 7.04. The predicted molar refractivity (Wildman–Crippen MR) is 125 cm³/mol. The molecule has 162 valence electrons. The summed E-state index contributed by atoms with van der Waals surface area (Å²) in [6.45, 7) is 0.973. The molecule has 2 amide bonds. The number of nitrogens with one attached hydrogen (secondary N) is 2. The first-order valence-corrected chi connectivity index (χ1v) is 11.1. The molecule has 2 N–H and O–H groups in total. The Morgan fingerprint density at radius 1 is 1.00 bits per heavy atom. The van der Waals surface area contributed by atoms with E-state index < -0.39 is 0 Å². The first kappa shape index (κ1) is 21.5. The number of carbonyl (C=O) groups is 2. The fourth-order valence-corrected chi connectivity index (χ4v) is 3.81. The third-order valence-electron chi connectivity index (χ3n) is 4.65. The lowest BCUT2D eigenvalue weighted by Crippen LogP contribution is -2.27. The predicted octanol–water partition coefficient (Wildman–Crippen LogP) is 4.07. The van der Waals surface area contributed by atoms with Crippen molar-refractivity contribution < 1.29 is 14.3 Å². The molecule has 32 heavy (non-hydrogen) atoms. The summed E-state index contributed by atoms with van der Waals surface area (Å²) in [7, 11) is 0. The number of ether oxygens (including phenoxy) is 1. The Labute approximate surface area is 189 Å². The molecule has 2 aromatic carbocycles. The molecule has 0 fully saturated rings. The van der Waals surface area contributed by atoms with E-state index in [0.717, 1.165) is 16.7 Å². The van der Waals surface area contributed by atoms with Crippen molar-refractivity contribution in [1.29, 1.82) is 0 Å². The number of rotatable bonds is 9. The van der Waals surface area contributed by atoms with E-state index in [9.17, 15) is 9.59 Å². The van der Waals surface area contributed by atoms with Gasteiger partial charge in [-0.05, 0) is 30.7 Å². The van der Waals surface area contributed by atoms with Crippen LogP contribution >= 0.6 is 11.3 Å². The van der Waals surface area contributed by atoms with Gasteiger partial charge in [-0.3, -0.25) is 19.9 Å². The van der Waals surface area contributed by atoms with Crippen molar-refractivity contribution in [3.8, 4) is 5.75 Å². The van der Waals surface area contributed by atoms with Gasteiger partial charge in [-0.25, -0.2) is 4.98 Å². The second kappa shape index (κ2) is 10.5. The van der Waals surface area contributed by atoms with E-state index in [1.165, 1.54) is 11.3 Å². The van der Waals surface area contributed by atoms with E-state index in [4.69, 9.17) is 4.74 Å². The number of anilines is 1. The maximum Gasteiger partial charge on any atom is 0.257 e. The van der Waals surface area contributed by atoms with Crippen LogP contribution in [0.5, 0.6) is 5.75 Å². The van der Waals surface area contributed by atoms with E-state index in [0.29, 0.717) is 36.0 Å². The van der Waals surface area contributed by atoms with Crippen LogP contribution < -0.4 is 15.4 Å². The van der Waals surface area contributed by atoms with E-state index in [2.05, 4.69) is 20.6 Å². The van der Waals surface area contributed by atoms with Crippen LogP contribution in [-0.4, -0.2) is 34.9 Å². The maximum atomic E-state index is 12.2. The van der Waals surface area contributed by atoms with E-state index in [1.54, 1.807) is 35.8 Å². The van der Waals surface area contributed by atoms with Crippen LogP contribution in [0.3, 0.4) is 0 Å². The zero-order valence-corrected chi connectivity index (χ0v) is 18.1. The van der Waals surface area contributed by atoms with Crippen LogP contribution in [-0.2, 0) is 11.2 Å². The van der Waals surface area contributed by atoms with Crippen LogP contribution in [0.2, 0.25) is 0 Å². The normalized spacial score (nSPS) is 10.6. The largest absolute Gasteiger partial charge is 0.491 e. The fourth-order valence-electron chi connectivity index (χ4n) is 3.11. The highest BCUT2D eigenvalue weighted by molar-refractivity contribution is 7.14.